The molecule has 1 aromatic carbocycles. The van der Waals surface area contributed by atoms with Crippen LogP contribution in [0, 0.1) is 0 Å². The lowest BCUT2D eigenvalue weighted by Gasteiger charge is -2.10. The van der Waals surface area contributed by atoms with E-state index in [1.54, 1.807) is 42.6 Å². The highest BCUT2D eigenvalue weighted by molar-refractivity contribution is 5.90. The molecular formula is C16H16N4O4. The van der Waals surface area contributed by atoms with Crippen molar-refractivity contribution in [3.63, 3.8) is 0 Å². The van der Waals surface area contributed by atoms with E-state index in [0.717, 1.165) is 4.68 Å². The van der Waals surface area contributed by atoms with Gasteiger partial charge >= 0.3 is 5.69 Å². The van der Waals surface area contributed by atoms with E-state index in [1.165, 1.54) is 18.6 Å². The summed E-state index contributed by atoms with van der Waals surface area (Å²) in [5, 5.41) is 6.82. The monoisotopic (exact) mass is 328 g/mol. The van der Waals surface area contributed by atoms with Gasteiger partial charge in [-0.05, 0) is 24.3 Å². The van der Waals surface area contributed by atoms with Crippen LogP contribution in [0.2, 0.25) is 0 Å². The maximum Gasteiger partial charge on any atom is 0.350 e. The number of aromatic nitrogens is 3. The van der Waals surface area contributed by atoms with Crippen LogP contribution >= 0.6 is 0 Å². The van der Waals surface area contributed by atoms with E-state index in [0.29, 0.717) is 22.8 Å². The number of amides is 1. The molecule has 0 atom stereocenters. The molecule has 2 heterocycles. The molecule has 2 aromatic heterocycles. The number of fused-ring (bicyclic) bond motifs is 1. The summed E-state index contributed by atoms with van der Waals surface area (Å²) >= 11 is 0. The predicted molar refractivity (Wildman–Crippen MR) is 87.6 cm³/mol. The van der Waals surface area contributed by atoms with E-state index in [-0.39, 0.29) is 18.1 Å². The first-order chi connectivity index (χ1) is 11.6. The number of methoxy groups -OCH3 is 2. The molecule has 0 saturated carbocycles. The van der Waals surface area contributed by atoms with Crippen LogP contribution < -0.4 is 20.5 Å². The number of carbonyl (C=O) groups is 1. The normalized spacial score (nSPS) is 10.6. The van der Waals surface area contributed by atoms with E-state index in [1.807, 2.05) is 0 Å². The van der Waals surface area contributed by atoms with E-state index >= 15 is 0 Å². The molecular weight excluding hydrogens is 312 g/mol. The molecule has 0 aliphatic rings. The maximum absolute atomic E-state index is 12.2. The van der Waals surface area contributed by atoms with Gasteiger partial charge in [-0.25, -0.2) is 9.48 Å². The number of rotatable bonds is 5. The molecule has 24 heavy (non-hydrogen) atoms. The first kappa shape index (κ1) is 15.6. The van der Waals surface area contributed by atoms with Crippen molar-refractivity contribution in [2.75, 3.05) is 19.5 Å². The zero-order valence-electron chi connectivity index (χ0n) is 13.2. The number of anilines is 1. The molecule has 8 heteroatoms. The smallest absolute Gasteiger partial charge is 0.350 e. The molecule has 1 amide bonds. The molecule has 0 fully saturated rings. The topological polar surface area (TPSA) is 86.9 Å². The minimum Gasteiger partial charge on any atom is -0.493 e. The molecule has 3 aromatic rings. The van der Waals surface area contributed by atoms with Crippen molar-refractivity contribution in [3.8, 4) is 11.5 Å². The second-order valence-corrected chi connectivity index (χ2v) is 4.99. The maximum atomic E-state index is 12.2. The molecule has 3 rings (SSSR count). The van der Waals surface area contributed by atoms with Gasteiger partial charge in [-0.3, -0.25) is 9.20 Å². The zero-order chi connectivity index (χ0) is 17.1. The number of nitrogens with zero attached hydrogens (tertiary/aromatic N) is 3. The highest BCUT2D eigenvalue weighted by atomic mass is 16.5. The summed E-state index contributed by atoms with van der Waals surface area (Å²) in [5.74, 6) is 0.694. The average molecular weight is 328 g/mol. The third kappa shape index (κ3) is 2.94. The summed E-state index contributed by atoms with van der Waals surface area (Å²) in [4.78, 5) is 24.3. The Labute approximate surface area is 137 Å². The van der Waals surface area contributed by atoms with Crippen LogP contribution in [0.1, 0.15) is 0 Å². The number of benzene rings is 1. The Kier molecular flexibility index (Phi) is 4.19. The molecule has 8 nitrogen and oxygen atoms in total. The van der Waals surface area contributed by atoms with Crippen molar-refractivity contribution >= 4 is 17.2 Å². The highest BCUT2D eigenvalue weighted by Gasteiger charge is 2.12. The van der Waals surface area contributed by atoms with Crippen LogP contribution in [0.4, 0.5) is 5.69 Å². The van der Waals surface area contributed by atoms with Gasteiger partial charge in [0.2, 0.25) is 5.91 Å². The summed E-state index contributed by atoms with van der Waals surface area (Å²) in [5.41, 5.74) is 0.656. The van der Waals surface area contributed by atoms with Crippen LogP contribution in [-0.4, -0.2) is 34.3 Å². The highest BCUT2D eigenvalue weighted by Crippen LogP contribution is 2.29. The Morgan fingerprint density at radius 1 is 1.17 bits per heavy atom. The zero-order valence-corrected chi connectivity index (χ0v) is 13.2. The Hall–Kier alpha value is -3.29. The van der Waals surface area contributed by atoms with E-state index in [9.17, 15) is 9.59 Å². The number of carbonyl (C=O) groups excluding carboxylic acids is 1. The van der Waals surface area contributed by atoms with E-state index < -0.39 is 0 Å². The second-order valence-electron chi connectivity index (χ2n) is 4.99. The standard InChI is InChI=1S/C16H16N4O4/c1-23-12-7-6-11(9-13(12)24-2)17-15(21)10-20-16(22)19-8-4-3-5-14(19)18-20/h3-9H,10H2,1-2H3,(H,17,21). The molecule has 0 aliphatic heterocycles. The summed E-state index contributed by atoms with van der Waals surface area (Å²) in [6.07, 6.45) is 1.60. The molecule has 0 bridgehead atoms. The van der Waals surface area contributed by atoms with Gasteiger partial charge in [-0.1, -0.05) is 6.07 Å². The van der Waals surface area contributed by atoms with Gasteiger partial charge in [0.25, 0.3) is 0 Å². The Balaban J connectivity index is 1.78. The third-order valence-corrected chi connectivity index (χ3v) is 3.45. The number of ether oxygens (including phenoxy) is 2. The SMILES string of the molecule is COc1ccc(NC(=O)Cn2nc3ccccn3c2=O)cc1OC. The van der Waals surface area contributed by atoms with Crippen LogP contribution in [0.3, 0.4) is 0 Å². The van der Waals surface area contributed by atoms with Crippen molar-refractivity contribution in [3.05, 3.63) is 53.1 Å². The van der Waals surface area contributed by atoms with E-state index in [4.69, 9.17) is 9.47 Å². The minimum absolute atomic E-state index is 0.186. The number of nitrogens with one attached hydrogen (secondary N) is 1. The summed E-state index contributed by atoms with van der Waals surface area (Å²) < 4.78 is 12.8. The van der Waals surface area contributed by atoms with Gasteiger partial charge < -0.3 is 14.8 Å². The van der Waals surface area contributed by atoms with Crippen LogP contribution in [-0.2, 0) is 11.3 Å². The second kappa shape index (κ2) is 6.45. The van der Waals surface area contributed by atoms with Gasteiger partial charge in [-0.15, -0.1) is 5.10 Å². The van der Waals surface area contributed by atoms with Gasteiger partial charge in [0.1, 0.15) is 6.54 Å². The molecule has 0 saturated heterocycles. The Morgan fingerprint density at radius 2 is 1.96 bits per heavy atom. The molecule has 124 valence electrons. The lowest BCUT2D eigenvalue weighted by molar-refractivity contribution is -0.117. The number of pyridine rings is 1. The Bertz CT molecular complexity index is 945. The molecule has 1 N–H and O–H groups in total. The fourth-order valence-corrected chi connectivity index (χ4v) is 2.32. The van der Waals surface area contributed by atoms with Crippen LogP contribution in [0.25, 0.3) is 5.65 Å². The van der Waals surface area contributed by atoms with E-state index in [2.05, 4.69) is 10.4 Å². The number of hydrogen-bond acceptors (Lipinski definition) is 5. The largest absolute Gasteiger partial charge is 0.493 e. The fourth-order valence-electron chi connectivity index (χ4n) is 2.32. The van der Waals surface area contributed by atoms with Crippen molar-refractivity contribution < 1.29 is 14.3 Å². The molecule has 0 unspecified atom stereocenters. The predicted octanol–water partition coefficient (Wildman–Crippen LogP) is 1.15. The number of hydrogen-bond donors (Lipinski definition) is 1. The minimum atomic E-state index is -0.368. The average Bonchev–Trinajstić information content (AvgIpc) is 2.91. The fraction of sp³-hybridized carbons (Fsp3) is 0.188. The van der Waals surface area contributed by atoms with Crippen molar-refractivity contribution in [1.82, 2.24) is 14.2 Å². The lowest BCUT2D eigenvalue weighted by Crippen LogP contribution is -2.28. The quantitative estimate of drug-likeness (QED) is 0.759. The molecule has 0 spiro atoms. The van der Waals surface area contributed by atoms with Gasteiger partial charge in [0, 0.05) is 18.0 Å². The van der Waals surface area contributed by atoms with Crippen molar-refractivity contribution in [2.45, 2.75) is 6.54 Å². The molecule has 0 radical (unpaired) electrons. The van der Waals surface area contributed by atoms with Crippen LogP contribution in [0.5, 0.6) is 11.5 Å². The summed E-state index contributed by atoms with van der Waals surface area (Å²) in [6, 6.07) is 10.2. The van der Waals surface area contributed by atoms with Crippen molar-refractivity contribution in [2.24, 2.45) is 0 Å². The van der Waals surface area contributed by atoms with Crippen LogP contribution in [0.15, 0.2) is 47.4 Å². The van der Waals surface area contributed by atoms with Gasteiger partial charge in [0.15, 0.2) is 17.1 Å². The first-order valence-corrected chi connectivity index (χ1v) is 7.18. The Morgan fingerprint density at radius 3 is 2.67 bits per heavy atom. The molecule has 0 aliphatic carbocycles. The van der Waals surface area contributed by atoms with Gasteiger partial charge in [-0.2, -0.15) is 0 Å². The van der Waals surface area contributed by atoms with Gasteiger partial charge in [0.05, 0.1) is 14.2 Å². The first-order valence-electron chi connectivity index (χ1n) is 7.18. The lowest BCUT2D eigenvalue weighted by atomic mass is 10.2. The summed E-state index contributed by atoms with van der Waals surface area (Å²) in [6.45, 7) is -0.186. The summed E-state index contributed by atoms with van der Waals surface area (Å²) in [7, 11) is 3.05. The van der Waals surface area contributed by atoms with Crippen molar-refractivity contribution in [1.29, 1.82) is 0 Å². The third-order valence-electron chi connectivity index (χ3n) is 3.45.